The molecule has 1 fully saturated rings. The average molecular weight is 232 g/mol. The second-order valence-corrected chi connectivity index (χ2v) is 4.92. The van der Waals surface area contributed by atoms with Gasteiger partial charge < -0.3 is 5.32 Å². The molecule has 0 aromatic heterocycles. The van der Waals surface area contributed by atoms with Gasteiger partial charge in [0, 0.05) is 18.3 Å². The lowest BCUT2D eigenvalue weighted by Crippen LogP contribution is -2.37. The predicted molar refractivity (Wildman–Crippen MR) is 64.1 cm³/mol. The Bertz CT molecular complexity index is 190. The van der Waals surface area contributed by atoms with E-state index in [-0.39, 0.29) is 5.91 Å². The number of unbranched alkanes of at least 4 members (excludes halogenated alkanes) is 1. The molecule has 3 heteroatoms. The first-order chi connectivity index (χ1) is 7.24. The SMILES string of the molecule is CC(NC(=O)CCCCCl)C1CCCC1. The zero-order chi connectivity index (χ0) is 11.1. The quantitative estimate of drug-likeness (QED) is 0.553. The molecule has 15 heavy (non-hydrogen) atoms. The molecular formula is C12H22ClNO. The fourth-order valence-electron chi connectivity index (χ4n) is 2.28. The molecule has 1 saturated carbocycles. The summed E-state index contributed by atoms with van der Waals surface area (Å²) < 4.78 is 0. The van der Waals surface area contributed by atoms with Crippen molar-refractivity contribution in [2.24, 2.45) is 5.92 Å². The van der Waals surface area contributed by atoms with Gasteiger partial charge in [0.2, 0.25) is 5.91 Å². The molecule has 1 rings (SSSR count). The molecule has 0 bridgehead atoms. The first-order valence-corrected chi connectivity index (χ1v) is 6.63. The standard InChI is InChI=1S/C12H22ClNO/c1-10(11-6-2-3-7-11)14-12(15)8-4-5-9-13/h10-11H,2-9H2,1H3,(H,14,15). The average Bonchev–Trinajstić information content (AvgIpc) is 2.70. The smallest absolute Gasteiger partial charge is 0.220 e. The molecule has 0 saturated heterocycles. The van der Waals surface area contributed by atoms with E-state index in [2.05, 4.69) is 12.2 Å². The molecular weight excluding hydrogens is 210 g/mol. The van der Waals surface area contributed by atoms with Crippen LogP contribution in [0.25, 0.3) is 0 Å². The number of carbonyl (C=O) groups excluding carboxylic acids is 1. The Kier molecular flexibility index (Phi) is 6.07. The minimum Gasteiger partial charge on any atom is -0.353 e. The molecule has 0 aromatic rings. The van der Waals surface area contributed by atoms with Crippen LogP contribution >= 0.6 is 11.6 Å². The fraction of sp³-hybridized carbons (Fsp3) is 0.917. The highest BCUT2D eigenvalue weighted by atomic mass is 35.5. The summed E-state index contributed by atoms with van der Waals surface area (Å²) >= 11 is 5.56. The van der Waals surface area contributed by atoms with E-state index < -0.39 is 0 Å². The van der Waals surface area contributed by atoms with Gasteiger partial charge in [-0.2, -0.15) is 0 Å². The van der Waals surface area contributed by atoms with Gasteiger partial charge in [-0.15, -0.1) is 11.6 Å². The summed E-state index contributed by atoms with van der Waals surface area (Å²) in [5.41, 5.74) is 0. The Labute approximate surface area is 97.8 Å². The molecule has 1 amide bonds. The van der Waals surface area contributed by atoms with Crippen molar-refractivity contribution in [1.82, 2.24) is 5.32 Å². The second kappa shape index (κ2) is 7.10. The van der Waals surface area contributed by atoms with E-state index in [1.807, 2.05) is 0 Å². The lowest BCUT2D eigenvalue weighted by atomic mass is 9.99. The maximum absolute atomic E-state index is 11.5. The van der Waals surface area contributed by atoms with Gasteiger partial charge in [0.1, 0.15) is 0 Å². The Hall–Kier alpha value is -0.240. The maximum atomic E-state index is 11.5. The minimum atomic E-state index is 0.194. The molecule has 1 unspecified atom stereocenters. The Morgan fingerprint density at radius 2 is 2.07 bits per heavy atom. The molecule has 88 valence electrons. The van der Waals surface area contributed by atoms with Crippen molar-refractivity contribution in [3.63, 3.8) is 0 Å². The molecule has 2 nitrogen and oxygen atoms in total. The summed E-state index contributed by atoms with van der Waals surface area (Å²) in [5.74, 6) is 1.56. The third-order valence-corrected chi connectivity index (χ3v) is 3.55. The second-order valence-electron chi connectivity index (χ2n) is 4.55. The van der Waals surface area contributed by atoms with Crippen LogP contribution < -0.4 is 5.32 Å². The number of alkyl halides is 1. The third kappa shape index (κ3) is 4.87. The van der Waals surface area contributed by atoms with Crippen molar-refractivity contribution in [1.29, 1.82) is 0 Å². The molecule has 1 aliphatic carbocycles. The summed E-state index contributed by atoms with van der Waals surface area (Å²) in [6.45, 7) is 2.13. The number of halogens is 1. The normalized spacial score (nSPS) is 19.1. The number of hydrogen-bond acceptors (Lipinski definition) is 1. The molecule has 1 aliphatic rings. The van der Waals surface area contributed by atoms with E-state index in [0.717, 1.165) is 12.8 Å². The molecule has 0 heterocycles. The first kappa shape index (κ1) is 12.8. The predicted octanol–water partition coefficient (Wildman–Crippen LogP) is 3.09. The van der Waals surface area contributed by atoms with Crippen LogP contribution in [0, 0.1) is 5.92 Å². The fourth-order valence-corrected chi connectivity index (χ4v) is 2.47. The maximum Gasteiger partial charge on any atom is 0.220 e. The highest BCUT2D eigenvalue weighted by Crippen LogP contribution is 2.27. The monoisotopic (exact) mass is 231 g/mol. The van der Waals surface area contributed by atoms with Crippen LogP contribution in [0.5, 0.6) is 0 Å². The van der Waals surface area contributed by atoms with Gasteiger partial charge >= 0.3 is 0 Å². The van der Waals surface area contributed by atoms with Crippen LogP contribution in [0.1, 0.15) is 51.9 Å². The van der Waals surface area contributed by atoms with Gasteiger partial charge in [-0.25, -0.2) is 0 Å². The number of rotatable bonds is 6. The summed E-state index contributed by atoms with van der Waals surface area (Å²) in [7, 11) is 0. The number of amides is 1. The van der Waals surface area contributed by atoms with Crippen LogP contribution in [0.2, 0.25) is 0 Å². The van der Waals surface area contributed by atoms with Gasteiger partial charge in [-0.05, 0) is 38.5 Å². The van der Waals surface area contributed by atoms with Gasteiger partial charge in [-0.1, -0.05) is 12.8 Å². The van der Waals surface area contributed by atoms with Crippen molar-refractivity contribution in [2.75, 3.05) is 5.88 Å². The van der Waals surface area contributed by atoms with Crippen LogP contribution in [-0.2, 0) is 4.79 Å². The molecule has 1 atom stereocenters. The molecule has 1 N–H and O–H groups in total. The van der Waals surface area contributed by atoms with Crippen LogP contribution in [0.3, 0.4) is 0 Å². The van der Waals surface area contributed by atoms with Gasteiger partial charge in [0.15, 0.2) is 0 Å². The number of nitrogens with one attached hydrogen (secondary N) is 1. The molecule has 0 aromatic carbocycles. The van der Waals surface area contributed by atoms with E-state index in [0.29, 0.717) is 24.3 Å². The van der Waals surface area contributed by atoms with Gasteiger partial charge in [0.25, 0.3) is 0 Å². The van der Waals surface area contributed by atoms with Crippen molar-refractivity contribution in [3.05, 3.63) is 0 Å². The van der Waals surface area contributed by atoms with E-state index in [1.165, 1.54) is 25.7 Å². The molecule has 0 radical (unpaired) electrons. The summed E-state index contributed by atoms with van der Waals surface area (Å²) in [6.07, 6.45) is 7.70. The van der Waals surface area contributed by atoms with Crippen LogP contribution in [0.15, 0.2) is 0 Å². The van der Waals surface area contributed by atoms with E-state index >= 15 is 0 Å². The molecule has 0 aliphatic heterocycles. The Balaban J connectivity index is 2.13. The van der Waals surface area contributed by atoms with Gasteiger partial charge in [0.05, 0.1) is 0 Å². The van der Waals surface area contributed by atoms with Crippen molar-refractivity contribution < 1.29 is 4.79 Å². The first-order valence-electron chi connectivity index (χ1n) is 6.09. The summed E-state index contributed by atoms with van der Waals surface area (Å²) in [4.78, 5) is 11.5. The Morgan fingerprint density at radius 1 is 1.40 bits per heavy atom. The zero-order valence-corrected chi connectivity index (χ0v) is 10.4. The summed E-state index contributed by atoms with van der Waals surface area (Å²) in [6, 6.07) is 0.357. The lowest BCUT2D eigenvalue weighted by Gasteiger charge is -2.20. The van der Waals surface area contributed by atoms with Crippen LogP contribution in [0.4, 0.5) is 0 Å². The highest BCUT2D eigenvalue weighted by molar-refractivity contribution is 6.17. The van der Waals surface area contributed by atoms with Crippen molar-refractivity contribution in [2.45, 2.75) is 57.9 Å². The number of carbonyl (C=O) groups is 1. The van der Waals surface area contributed by atoms with Crippen LogP contribution in [-0.4, -0.2) is 17.8 Å². The largest absolute Gasteiger partial charge is 0.353 e. The highest BCUT2D eigenvalue weighted by Gasteiger charge is 2.22. The van der Waals surface area contributed by atoms with E-state index in [4.69, 9.17) is 11.6 Å². The van der Waals surface area contributed by atoms with Gasteiger partial charge in [-0.3, -0.25) is 4.79 Å². The zero-order valence-electron chi connectivity index (χ0n) is 9.60. The topological polar surface area (TPSA) is 29.1 Å². The third-order valence-electron chi connectivity index (χ3n) is 3.28. The van der Waals surface area contributed by atoms with E-state index in [1.54, 1.807) is 0 Å². The Morgan fingerprint density at radius 3 is 2.67 bits per heavy atom. The lowest BCUT2D eigenvalue weighted by molar-refractivity contribution is -0.122. The van der Waals surface area contributed by atoms with Crippen molar-refractivity contribution >= 4 is 17.5 Å². The van der Waals surface area contributed by atoms with E-state index in [9.17, 15) is 4.79 Å². The van der Waals surface area contributed by atoms with Crippen molar-refractivity contribution in [3.8, 4) is 0 Å². The molecule has 0 spiro atoms. The number of hydrogen-bond donors (Lipinski definition) is 1. The minimum absolute atomic E-state index is 0.194. The summed E-state index contributed by atoms with van der Waals surface area (Å²) in [5, 5.41) is 3.10.